The van der Waals surface area contributed by atoms with Crippen molar-refractivity contribution < 1.29 is 0 Å². The number of aryl methyl sites for hydroxylation is 4. The minimum atomic E-state index is 0.0581. The number of imidazole rings is 2. The summed E-state index contributed by atoms with van der Waals surface area (Å²) >= 11 is 0. The molecule has 7 nitrogen and oxygen atoms in total. The highest BCUT2D eigenvalue weighted by atomic mass is 16.1. The van der Waals surface area contributed by atoms with Crippen molar-refractivity contribution in [3.8, 4) is 0 Å². The second-order valence-corrected chi connectivity index (χ2v) is 14.1. The Hall–Kier alpha value is -5.01. The lowest BCUT2D eigenvalue weighted by Crippen LogP contribution is -2.46. The molecule has 0 aliphatic carbocycles. The number of piperidine rings is 1. The number of benzene rings is 4. The van der Waals surface area contributed by atoms with Crippen LogP contribution in [0.2, 0.25) is 0 Å². The van der Waals surface area contributed by atoms with Crippen LogP contribution in [-0.2, 0) is 32.9 Å². The molecule has 0 N–H and O–H groups in total. The maximum atomic E-state index is 14.1. The van der Waals surface area contributed by atoms with Crippen molar-refractivity contribution in [1.82, 2.24) is 28.4 Å². The summed E-state index contributed by atoms with van der Waals surface area (Å²) in [5, 5.41) is 0. The van der Waals surface area contributed by atoms with Crippen molar-refractivity contribution in [2.45, 2.75) is 57.5 Å². The number of hydrogen-bond donors (Lipinski definition) is 0. The summed E-state index contributed by atoms with van der Waals surface area (Å²) in [4.78, 5) is 27.1. The van der Waals surface area contributed by atoms with Crippen molar-refractivity contribution in [3.63, 3.8) is 0 Å². The highest BCUT2D eigenvalue weighted by molar-refractivity contribution is 5.80. The number of para-hydroxylation sites is 4. The second kappa shape index (κ2) is 12.1. The van der Waals surface area contributed by atoms with Gasteiger partial charge in [-0.2, -0.15) is 0 Å². The lowest BCUT2D eigenvalue weighted by atomic mass is 9.75. The van der Waals surface area contributed by atoms with Gasteiger partial charge in [0.05, 0.1) is 27.8 Å². The monoisotopic (exact) mass is 646 g/mol. The summed E-state index contributed by atoms with van der Waals surface area (Å²) in [7, 11) is 1.99. The molecule has 1 fully saturated rings. The van der Waals surface area contributed by atoms with Gasteiger partial charge >= 0.3 is 0 Å². The molecule has 7 heteroatoms. The van der Waals surface area contributed by atoms with E-state index in [4.69, 9.17) is 9.97 Å². The van der Waals surface area contributed by atoms with E-state index in [0.717, 1.165) is 73.1 Å². The van der Waals surface area contributed by atoms with Gasteiger partial charge in [0.15, 0.2) is 0 Å². The summed E-state index contributed by atoms with van der Waals surface area (Å²) in [6.07, 6.45) is 4.86. The van der Waals surface area contributed by atoms with E-state index in [-0.39, 0.29) is 11.5 Å². The molecular weight excluding hydrogens is 605 g/mol. The lowest BCUT2D eigenvalue weighted by Gasteiger charge is -2.42. The zero-order chi connectivity index (χ0) is 33.1. The molecule has 1 unspecified atom stereocenters. The molecule has 3 atom stereocenters. The van der Waals surface area contributed by atoms with Crippen molar-refractivity contribution >= 4 is 27.8 Å². The number of nitrogens with zero attached hydrogens (tertiary/aromatic N) is 6. The first-order valence-electron chi connectivity index (χ1n) is 17.8. The molecule has 0 bridgehead atoms. The smallest absolute Gasteiger partial charge is 0.263 e. The molecule has 0 saturated carbocycles. The van der Waals surface area contributed by atoms with Crippen molar-refractivity contribution in [2.75, 3.05) is 13.1 Å². The maximum absolute atomic E-state index is 14.1. The summed E-state index contributed by atoms with van der Waals surface area (Å²) in [5.74, 6) is 2.63. The number of rotatable bonds is 6. The first kappa shape index (κ1) is 30.1. The van der Waals surface area contributed by atoms with Crippen LogP contribution in [0.5, 0.6) is 0 Å². The Balaban J connectivity index is 1.06. The van der Waals surface area contributed by atoms with Gasteiger partial charge in [-0.05, 0) is 92.4 Å². The van der Waals surface area contributed by atoms with E-state index in [1.165, 1.54) is 28.0 Å². The molecule has 49 heavy (non-hydrogen) atoms. The molecule has 0 spiro atoms. The van der Waals surface area contributed by atoms with Gasteiger partial charge < -0.3 is 9.13 Å². The Bertz CT molecular complexity index is 2380. The van der Waals surface area contributed by atoms with E-state index in [1.54, 1.807) is 4.40 Å². The Labute approximate surface area is 286 Å². The Morgan fingerprint density at radius 3 is 2.39 bits per heavy atom. The maximum Gasteiger partial charge on any atom is 0.263 e. The fourth-order valence-corrected chi connectivity index (χ4v) is 8.97. The van der Waals surface area contributed by atoms with Gasteiger partial charge in [0, 0.05) is 37.7 Å². The third kappa shape index (κ3) is 5.10. The third-order valence-corrected chi connectivity index (χ3v) is 11.4. The van der Waals surface area contributed by atoms with Crippen LogP contribution in [0.25, 0.3) is 27.8 Å². The topological polar surface area (TPSA) is 60.4 Å². The van der Waals surface area contributed by atoms with Crippen LogP contribution >= 0.6 is 0 Å². The Kier molecular flexibility index (Phi) is 7.46. The standard InChI is InChI=1S/C42H42N6O/c1-28-33(41(49)48-38-19-11-10-18-37(38)45(2)42(48)43-28)22-24-46-23-20-31(27-32(46)26-29-12-4-3-5-13-29)39-34-15-7-6-14-30(34)21-25-47-36-17-9-8-16-35(36)44-40(39)47/h3-19,31-32,39H,20-27H2,1-2H3/t31-,32+,39?/m0/s1. The molecule has 2 aliphatic heterocycles. The largest absolute Gasteiger partial charge is 0.327 e. The molecule has 3 aromatic heterocycles. The average molecular weight is 647 g/mol. The number of fused-ring (bicyclic) bond motifs is 7. The van der Waals surface area contributed by atoms with Gasteiger partial charge in [0.2, 0.25) is 5.78 Å². The lowest BCUT2D eigenvalue weighted by molar-refractivity contribution is 0.104. The van der Waals surface area contributed by atoms with Crippen LogP contribution < -0.4 is 5.56 Å². The normalized spacial score (nSPS) is 19.7. The molecule has 4 aromatic carbocycles. The molecule has 246 valence electrons. The van der Waals surface area contributed by atoms with Crippen LogP contribution in [0.15, 0.2) is 108 Å². The highest BCUT2D eigenvalue weighted by Crippen LogP contribution is 2.43. The van der Waals surface area contributed by atoms with Crippen LogP contribution in [0.1, 0.15) is 52.5 Å². The zero-order valence-corrected chi connectivity index (χ0v) is 28.3. The molecule has 9 rings (SSSR count). The van der Waals surface area contributed by atoms with Crippen molar-refractivity contribution in [1.29, 1.82) is 0 Å². The number of hydrogen-bond acceptors (Lipinski definition) is 4. The average Bonchev–Trinajstić information content (AvgIpc) is 3.57. The van der Waals surface area contributed by atoms with E-state index in [1.807, 2.05) is 36.7 Å². The fourth-order valence-electron chi connectivity index (χ4n) is 8.97. The first-order valence-corrected chi connectivity index (χ1v) is 17.8. The third-order valence-electron chi connectivity index (χ3n) is 11.4. The summed E-state index contributed by atoms with van der Waals surface area (Å²) < 4.78 is 6.33. The van der Waals surface area contributed by atoms with Crippen LogP contribution in [-0.4, -0.2) is 47.5 Å². The molecule has 2 aliphatic rings. The molecule has 0 amide bonds. The van der Waals surface area contributed by atoms with Crippen LogP contribution in [0.4, 0.5) is 0 Å². The van der Waals surface area contributed by atoms with E-state index in [2.05, 4.69) is 94.4 Å². The minimum Gasteiger partial charge on any atom is -0.327 e. The van der Waals surface area contributed by atoms with Crippen LogP contribution in [0, 0.1) is 12.8 Å². The molecular formula is C42H42N6O. The SMILES string of the molecule is Cc1nc2n(C)c3ccccc3n2c(=O)c1CCN1CC[C@H](C2c3ccccc3CCn3c2nc2ccccc23)C[C@H]1Cc1ccccc1. The fraction of sp³-hybridized carbons (Fsp3) is 0.310. The van der Waals surface area contributed by atoms with Gasteiger partial charge in [-0.3, -0.25) is 9.69 Å². The van der Waals surface area contributed by atoms with Crippen molar-refractivity contribution in [2.24, 2.45) is 13.0 Å². The number of aromatic nitrogens is 5. The Morgan fingerprint density at radius 1 is 0.796 bits per heavy atom. The van der Waals surface area contributed by atoms with Gasteiger partial charge in [0.1, 0.15) is 5.82 Å². The van der Waals surface area contributed by atoms with Gasteiger partial charge in [-0.25, -0.2) is 14.4 Å². The molecule has 0 radical (unpaired) electrons. The minimum absolute atomic E-state index is 0.0581. The molecule has 5 heterocycles. The van der Waals surface area contributed by atoms with E-state index < -0.39 is 0 Å². The predicted octanol–water partition coefficient (Wildman–Crippen LogP) is 7.10. The van der Waals surface area contributed by atoms with Gasteiger partial charge in [-0.1, -0.05) is 78.9 Å². The molecule has 7 aromatic rings. The predicted molar refractivity (Wildman–Crippen MR) is 196 cm³/mol. The second-order valence-electron chi connectivity index (χ2n) is 14.1. The quantitative estimate of drug-likeness (QED) is 0.194. The Morgan fingerprint density at radius 2 is 1.53 bits per heavy atom. The zero-order valence-electron chi connectivity index (χ0n) is 28.3. The van der Waals surface area contributed by atoms with E-state index in [0.29, 0.717) is 24.2 Å². The number of likely N-dealkylation sites (tertiary alicyclic amines) is 1. The highest BCUT2D eigenvalue weighted by Gasteiger charge is 2.38. The van der Waals surface area contributed by atoms with Gasteiger partial charge in [0.25, 0.3) is 5.56 Å². The summed E-state index contributed by atoms with van der Waals surface area (Å²) in [6, 6.07) is 37.1. The van der Waals surface area contributed by atoms with E-state index >= 15 is 0 Å². The summed E-state index contributed by atoms with van der Waals surface area (Å²) in [6.45, 7) is 4.78. The molecule has 1 saturated heterocycles. The summed E-state index contributed by atoms with van der Waals surface area (Å²) in [5.41, 5.74) is 10.2. The van der Waals surface area contributed by atoms with Crippen molar-refractivity contribution in [3.05, 3.63) is 147 Å². The van der Waals surface area contributed by atoms with Crippen LogP contribution in [0.3, 0.4) is 0 Å². The first-order chi connectivity index (χ1) is 24.0. The van der Waals surface area contributed by atoms with Gasteiger partial charge in [-0.15, -0.1) is 0 Å². The van der Waals surface area contributed by atoms with E-state index in [9.17, 15) is 4.79 Å².